The van der Waals surface area contributed by atoms with Gasteiger partial charge in [-0.15, -0.1) is 0 Å². The van der Waals surface area contributed by atoms with Crippen molar-refractivity contribution in [1.29, 1.82) is 0 Å². The van der Waals surface area contributed by atoms with Crippen molar-refractivity contribution in [2.45, 2.75) is 30.7 Å². The summed E-state index contributed by atoms with van der Waals surface area (Å²) in [5, 5.41) is 2.86. The van der Waals surface area contributed by atoms with Gasteiger partial charge in [0.25, 0.3) is 0 Å². The fraction of sp³-hybridized carbons (Fsp3) is 0.417. The number of carbonyl (C=O) groups is 2. The molecule has 0 bridgehead atoms. The van der Waals surface area contributed by atoms with Gasteiger partial charge in [-0.2, -0.15) is 0 Å². The lowest BCUT2D eigenvalue weighted by Gasteiger charge is -2.32. The van der Waals surface area contributed by atoms with Gasteiger partial charge in [-0.3, -0.25) is 9.59 Å². The number of hydrogen-bond acceptors (Lipinski definition) is 5. The van der Waals surface area contributed by atoms with Gasteiger partial charge >= 0.3 is 0 Å². The van der Waals surface area contributed by atoms with Crippen molar-refractivity contribution in [2.24, 2.45) is 5.92 Å². The molecule has 1 N–H and O–H groups in total. The molecule has 1 heterocycles. The fourth-order valence-corrected chi connectivity index (χ4v) is 4.89. The number of amides is 2. The monoisotopic (exact) mass is 473 g/mol. The number of nitrogens with zero attached hydrogens (tertiary/aromatic N) is 2. The molecule has 8 nitrogen and oxygen atoms in total. The molecule has 1 unspecified atom stereocenters. The highest BCUT2D eigenvalue weighted by molar-refractivity contribution is 7.89. The minimum Gasteiger partial charge on any atom is -0.493 e. The van der Waals surface area contributed by atoms with Crippen molar-refractivity contribution in [1.82, 2.24) is 14.5 Å². The van der Waals surface area contributed by atoms with E-state index in [9.17, 15) is 18.0 Å². The molecule has 2 amide bonds. The Morgan fingerprint density at radius 1 is 1.09 bits per heavy atom. The first kappa shape index (κ1) is 24.7. The number of hydrogen-bond donors (Lipinski definition) is 1. The van der Waals surface area contributed by atoms with Crippen molar-refractivity contribution in [3.8, 4) is 5.75 Å². The van der Waals surface area contributed by atoms with Gasteiger partial charge in [-0.1, -0.05) is 36.4 Å². The summed E-state index contributed by atoms with van der Waals surface area (Å²) in [6, 6.07) is 16.0. The minimum atomic E-state index is -3.61. The third kappa shape index (κ3) is 6.55. The molecule has 9 heteroatoms. The van der Waals surface area contributed by atoms with Gasteiger partial charge in [0.2, 0.25) is 21.8 Å². The first-order chi connectivity index (χ1) is 15.8. The second-order valence-electron chi connectivity index (χ2n) is 8.20. The van der Waals surface area contributed by atoms with Crippen LogP contribution in [0.1, 0.15) is 24.8 Å². The summed E-state index contributed by atoms with van der Waals surface area (Å²) in [5.41, 5.74) is 0.529. The summed E-state index contributed by atoms with van der Waals surface area (Å²) in [6.45, 7) is 1.37. The Kier molecular flexibility index (Phi) is 8.46. The number of rotatable bonds is 9. The second-order valence-corrected chi connectivity index (χ2v) is 10.3. The number of benzene rings is 2. The number of likely N-dealkylation sites (tertiary alicyclic amines) is 1. The molecule has 0 aliphatic carbocycles. The van der Waals surface area contributed by atoms with Crippen LogP contribution in [0, 0.1) is 5.92 Å². The van der Waals surface area contributed by atoms with E-state index in [2.05, 4.69) is 5.32 Å². The predicted molar refractivity (Wildman–Crippen MR) is 125 cm³/mol. The molecule has 0 radical (unpaired) electrons. The average Bonchev–Trinajstić information content (AvgIpc) is 2.83. The second kappa shape index (κ2) is 11.3. The van der Waals surface area contributed by atoms with E-state index >= 15 is 0 Å². The number of nitrogens with one attached hydrogen (secondary N) is 1. The molecule has 1 saturated heterocycles. The van der Waals surface area contributed by atoms with Crippen molar-refractivity contribution in [2.75, 3.05) is 33.8 Å². The smallest absolute Gasteiger partial charge is 0.242 e. The maximum absolute atomic E-state index is 12.8. The van der Waals surface area contributed by atoms with Crippen molar-refractivity contribution in [3.05, 3.63) is 60.2 Å². The Labute approximate surface area is 195 Å². The van der Waals surface area contributed by atoms with Crippen LogP contribution in [-0.2, 0) is 26.2 Å². The van der Waals surface area contributed by atoms with Crippen molar-refractivity contribution in [3.63, 3.8) is 0 Å². The molecular formula is C24H31N3O5S. The SMILES string of the molecule is CN(C)S(=O)(=O)c1ccccc1CNC(=O)C1CCCN(C(=O)CCOc2ccccc2)C1. The molecule has 178 valence electrons. The molecule has 2 aromatic carbocycles. The molecule has 1 aliphatic heterocycles. The zero-order valence-electron chi connectivity index (χ0n) is 19.1. The van der Waals surface area contributed by atoms with E-state index in [1.165, 1.54) is 20.2 Å². The number of piperidine rings is 1. The molecule has 0 saturated carbocycles. The van der Waals surface area contributed by atoms with Crippen LogP contribution < -0.4 is 10.1 Å². The van der Waals surface area contributed by atoms with E-state index < -0.39 is 10.0 Å². The standard InChI is InChI=1S/C24H31N3O5S/c1-26(2)33(30,31)22-13-7-6-9-19(22)17-25-24(29)20-10-8-15-27(18-20)23(28)14-16-32-21-11-4-3-5-12-21/h3-7,9,11-13,20H,8,10,14-18H2,1-2H3,(H,25,29). The van der Waals surface area contributed by atoms with Crippen LogP contribution in [0.15, 0.2) is 59.5 Å². The highest BCUT2D eigenvalue weighted by atomic mass is 32.2. The Hall–Kier alpha value is -2.91. The zero-order valence-corrected chi connectivity index (χ0v) is 19.9. The lowest BCUT2D eigenvalue weighted by molar-refractivity contribution is -0.136. The van der Waals surface area contributed by atoms with Gasteiger partial charge in [-0.25, -0.2) is 12.7 Å². The van der Waals surface area contributed by atoms with Crippen LogP contribution in [0.25, 0.3) is 0 Å². The summed E-state index contributed by atoms with van der Waals surface area (Å²) >= 11 is 0. The van der Waals surface area contributed by atoms with Crippen LogP contribution in [0.5, 0.6) is 5.75 Å². The third-order valence-electron chi connectivity index (χ3n) is 5.66. The average molecular weight is 474 g/mol. The maximum Gasteiger partial charge on any atom is 0.242 e. The van der Waals surface area contributed by atoms with E-state index in [0.29, 0.717) is 25.1 Å². The maximum atomic E-state index is 12.8. The highest BCUT2D eigenvalue weighted by Gasteiger charge is 2.28. The lowest BCUT2D eigenvalue weighted by atomic mass is 9.96. The van der Waals surface area contributed by atoms with E-state index in [1.807, 2.05) is 30.3 Å². The number of carbonyl (C=O) groups excluding carboxylic acids is 2. The highest BCUT2D eigenvalue weighted by Crippen LogP contribution is 2.20. The van der Waals surface area contributed by atoms with Gasteiger partial charge in [0, 0.05) is 33.7 Å². The van der Waals surface area contributed by atoms with Gasteiger partial charge in [0.15, 0.2) is 0 Å². The molecule has 33 heavy (non-hydrogen) atoms. The number of para-hydroxylation sites is 1. The van der Waals surface area contributed by atoms with E-state index in [1.54, 1.807) is 23.1 Å². The fourth-order valence-electron chi connectivity index (χ4n) is 3.77. The Balaban J connectivity index is 1.52. The molecule has 2 aromatic rings. The van der Waals surface area contributed by atoms with Crippen LogP contribution in [0.4, 0.5) is 0 Å². The summed E-state index contributed by atoms with van der Waals surface area (Å²) in [7, 11) is -0.661. The van der Waals surface area contributed by atoms with E-state index in [0.717, 1.165) is 16.5 Å². The molecule has 1 aliphatic rings. The van der Waals surface area contributed by atoms with Gasteiger partial charge < -0.3 is 15.0 Å². The van der Waals surface area contributed by atoms with Crippen LogP contribution >= 0.6 is 0 Å². The number of ether oxygens (including phenoxy) is 1. The molecular weight excluding hydrogens is 442 g/mol. The summed E-state index contributed by atoms with van der Waals surface area (Å²) in [6.07, 6.45) is 1.68. The Morgan fingerprint density at radius 3 is 2.52 bits per heavy atom. The summed E-state index contributed by atoms with van der Waals surface area (Å²) in [5.74, 6) is 0.184. The lowest BCUT2D eigenvalue weighted by Crippen LogP contribution is -2.45. The Bertz CT molecular complexity index is 1060. The van der Waals surface area contributed by atoms with Crippen LogP contribution in [0.2, 0.25) is 0 Å². The van der Waals surface area contributed by atoms with Gasteiger partial charge in [0.05, 0.1) is 23.8 Å². The first-order valence-corrected chi connectivity index (χ1v) is 12.5. The Morgan fingerprint density at radius 2 is 1.79 bits per heavy atom. The van der Waals surface area contributed by atoms with Crippen LogP contribution in [0.3, 0.4) is 0 Å². The van der Waals surface area contributed by atoms with E-state index in [4.69, 9.17) is 4.74 Å². The van der Waals surface area contributed by atoms with Crippen LogP contribution in [-0.4, -0.2) is 63.2 Å². The first-order valence-electron chi connectivity index (χ1n) is 11.0. The molecule has 1 fully saturated rings. The topological polar surface area (TPSA) is 96.0 Å². The molecule has 0 aromatic heterocycles. The van der Waals surface area contributed by atoms with Crippen molar-refractivity contribution >= 4 is 21.8 Å². The van der Waals surface area contributed by atoms with Gasteiger partial charge in [0.1, 0.15) is 5.75 Å². The molecule has 3 rings (SSSR count). The summed E-state index contributed by atoms with van der Waals surface area (Å²) < 4.78 is 31.9. The minimum absolute atomic E-state index is 0.0362. The third-order valence-corrected chi connectivity index (χ3v) is 7.57. The largest absolute Gasteiger partial charge is 0.493 e. The molecule has 0 spiro atoms. The predicted octanol–water partition coefficient (Wildman–Crippen LogP) is 2.26. The number of sulfonamides is 1. The molecule has 1 atom stereocenters. The normalized spacial score (nSPS) is 16.5. The van der Waals surface area contributed by atoms with Crippen molar-refractivity contribution < 1.29 is 22.7 Å². The summed E-state index contributed by atoms with van der Waals surface area (Å²) in [4.78, 5) is 27.3. The van der Waals surface area contributed by atoms with Gasteiger partial charge in [-0.05, 0) is 36.6 Å². The zero-order chi connectivity index (χ0) is 23.8. The quantitative estimate of drug-likeness (QED) is 0.603. The van der Waals surface area contributed by atoms with E-state index in [-0.39, 0.29) is 42.2 Å².